The molecule has 0 unspecified atom stereocenters. The number of piperidine rings is 1. The van der Waals surface area contributed by atoms with E-state index in [1.165, 1.54) is 0 Å². The summed E-state index contributed by atoms with van der Waals surface area (Å²) in [5, 5.41) is 15.1. The van der Waals surface area contributed by atoms with Crippen molar-refractivity contribution >= 4 is 46.6 Å². The third-order valence-corrected chi connectivity index (χ3v) is 6.71. The lowest BCUT2D eigenvalue weighted by Crippen LogP contribution is -2.40. The van der Waals surface area contributed by atoms with E-state index in [0.29, 0.717) is 46.1 Å². The Morgan fingerprint density at radius 3 is 2.78 bits per heavy atom. The molecule has 0 aliphatic carbocycles. The smallest absolute Gasteiger partial charge is 0.251 e. The Kier molecular flexibility index (Phi) is 6.98. The molecule has 0 atom stereocenters. The van der Waals surface area contributed by atoms with Crippen LogP contribution in [0.1, 0.15) is 38.7 Å². The zero-order chi connectivity index (χ0) is 25.2. The Labute approximate surface area is 216 Å². The molecule has 36 heavy (non-hydrogen) atoms. The molecule has 2 aliphatic rings. The van der Waals surface area contributed by atoms with Crippen LogP contribution in [0.25, 0.3) is 11.7 Å². The number of likely N-dealkylation sites (tertiary alicyclic amines) is 1. The number of halogens is 1. The number of hydrogen-bond donors (Lipinski definition) is 3. The van der Waals surface area contributed by atoms with Gasteiger partial charge in [0.25, 0.3) is 5.91 Å². The molecule has 8 nitrogen and oxygen atoms in total. The first-order valence-corrected chi connectivity index (χ1v) is 12.8. The second kappa shape index (κ2) is 10.3. The molecule has 2 saturated heterocycles. The van der Waals surface area contributed by atoms with Gasteiger partial charge in [-0.1, -0.05) is 38.1 Å². The Morgan fingerprint density at radius 2 is 2.08 bits per heavy atom. The monoisotopic (exact) mass is 505 g/mol. The van der Waals surface area contributed by atoms with Gasteiger partial charge < -0.3 is 20.9 Å². The average Bonchev–Trinajstić information content (AvgIpc) is 3.37. The lowest BCUT2D eigenvalue weighted by atomic mass is 10.0. The van der Waals surface area contributed by atoms with Crippen LogP contribution in [0.2, 0.25) is 5.02 Å². The predicted molar refractivity (Wildman–Crippen MR) is 146 cm³/mol. The highest BCUT2D eigenvalue weighted by atomic mass is 35.5. The van der Waals surface area contributed by atoms with Crippen LogP contribution in [0.15, 0.2) is 54.4 Å². The molecule has 1 aromatic carbocycles. The molecule has 2 fully saturated rings. The number of fused-ring (bicyclic) bond motifs is 1. The van der Waals surface area contributed by atoms with Gasteiger partial charge in [0.15, 0.2) is 5.65 Å². The predicted octanol–water partition coefficient (Wildman–Crippen LogP) is 5.08. The quantitative estimate of drug-likeness (QED) is 0.388. The van der Waals surface area contributed by atoms with Gasteiger partial charge in [-0.15, -0.1) is 0 Å². The van der Waals surface area contributed by atoms with Crippen LogP contribution in [0.5, 0.6) is 0 Å². The molecule has 4 heterocycles. The molecule has 0 radical (unpaired) electrons. The van der Waals surface area contributed by atoms with Gasteiger partial charge in [-0.05, 0) is 43.0 Å². The molecular formula is C27H32ClN7O. The van der Waals surface area contributed by atoms with Gasteiger partial charge in [0, 0.05) is 65.7 Å². The van der Waals surface area contributed by atoms with Gasteiger partial charge in [-0.3, -0.25) is 4.79 Å². The highest BCUT2D eigenvalue weighted by Crippen LogP contribution is 2.27. The summed E-state index contributed by atoms with van der Waals surface area (Å²) < 4.78 is 1.82. The fourth-order valence-electron chi connectivity index (χ4n) is 4.85. The Morgan fingerprint density at radius 1 is 1.28 bits per heavy atom. The minimum absolute atomic E-state index is 0.126. The minimum Gasteiger partial charge on any atom is -0.367 e. The van der Waals surface area contributed by atoms with Crippen molar-refractivity contribution in [2.24, 2.45) is 5.92 Å². The Balaban J connectivity index is 1.46. The van der Waals surface area contributed by atoms with Crippen molar-refractivity contribution in [2.45, 2.75) is 39.2 Å². The Bertz CT molecular complexity index is 1320. The second-order valence-corrected chi connectivity index (χ2v) is 10.5. The largest absolute Gasteiger partial charge is 0.367 e. The first-order valence-electron chi connectivity index (χ1n) is 12.4. The number of aromatic nitrogens is 3. The third kappa shape index (κ3) is 5.55. The lowest BCUT2D eigenvalue weighted by molar-refractivity contribution is -0.115. The number of nitrogens with zero attached hydrogens (tertiary/aromatic N) is 4. The molecular weight excluding hydrogens is 474 g/mol. The fourth-order valence-corrected chi connectivity index (χ4v) is 5.04. The summed E-state index contributed by atoms with van der Waals surface area (Å²) in [6, 6.07) is 9.86. The van der Waals surface area contributed by atoms with E-state index in [9.17, 15) is 4.79 Å². The minimum atomic E-state index is -0.126. The van der Waals surface area contributed by atoms with E-state index in [-0.39, 0.29) is 5.91 Å². The van der Waals surface area contributed by atoms with Crippen LogP contribution in [0.4, 0.5) is 17.3 Å². The normalized spacial score (nSPS) is 18.4. The van der Waals surface area contributed by atoms with Crippen molar-refractivity contribution in [1.82, 2.24) is 24.8 Å². The standard InChI is InChI=1S/C27H32ClN7O/c1-17(2)16-34-9-7-22(8-10-34)32-25-14-24(31-23-6-4-5-21(28)13-23)33-26-20(15-29-35(25)26)12-19-11-18(3)30-27(19)36/h4-6,12-15,17,22,32H,3,7-11,16H2,1-2H3,(H,30,36)(H,31,33)/b19-12+. The average molecular weight is 506 g/mol. The van der Waals surface area contributed by atoms with Gasteiger partial charge in [-0.2, -0.15) is 9.61 Å². The van der Waals surface area contributed by atoms with Crippen molar-refractivity contribution in [1.29, 1.82) is 0 Å². The van der Waals surface area contributed by atoms with Crippen LogP contribution in [0, 0.1) is 5.92 Å². The van der Waals surface area contributed by atoms with E-state index >= 15 is 0 Å². The van der Waals surface area contributed by atoms with E-state index in [2.05, 4.69) is 46.4 Å². The summed E-state index contributed by atoms with van der Waals surface area (Å²) in [5.41, 5.74) is 3.64. The summed E-state index contributed by atoms with van der Waals surface area (Å²) in [6.07, 6.45) is 6.22. The number of rotatable bonds is 7. The summed E-state index contributed by atoms with van der Waals surface area (Å²) >= 11 is 6.19. The van der Waals surface area contributed by atoms with Crippen molar-refractivity contribution < 1.29 is 4.79 Å². The van der Waals surface area contributed by atoms with Crippen molar-refractivity contribution in [3.05, 3.63) is 65.0 Å². The summed E-state index contributed by atoms with van der Waals surface area (Å²) in [4.78, 5) is 19.7. The van der Waals surface area contributed by atoms with Gasteiger partial charge in [-0.25, -0.2) is 4.98 Å². The van der Waals surface area contributed by atoms with Crippen molar-refractivity contribution in [3.8, 4) is 0 Å². The maximum Gasteiger partial charge on any atom is 0.251 e. The number of amides is 1. The highest BCUT2D eigenvalue weighted by molar-refractivity contribution is 6.30. The molecule has 1 amide bonds. The van der Waals surface area contributed by atoms with E-state index in [0.717, 1.165) is 49.5 Å². The summed E-state index contributed by atoms with van der Waals surface area (Å²) in [7, 11) is 0. The van der Waals surface area contributed by atoms with E-state index in [1.54, 1.807) is 6.20 Å². The molecule has 3 N–H and O–H groups in total. The van der Waals surface area contributed by atoms with Crippen LogP contribution in [-0.2, 0) is 4.79 Å². The molecule has 0 bridgehead atoms. The number of carbonyl (C=O) groups excluding carboxylic acids is 1. The van der Waals surface area contributed by atoms with E-state index in [1.807, 2.05) is 40.9 Å². The number of allylic oxidation sites excluding steroid dienone is 1. The zero-order valence-electron chi connectivity index (χ0n) is 20.7. The molecule has 188 valence electrons. The molecule has 0 saturated carbocycles. The number of carbonyl (C=O) groups is 1. The summed E-state index contributed by atoms with van der Waals surface area (Å²) in [5.74, 6) is 2.07. The second-order valence-electron chi connectivity index (χ2n) is 10.0. The molecule has 2 aromatic heterocycles. The topological polar surface area (TPSA) is 86.6 Å². The molecule has 0 spiro atoms. The number of benzene rings is 1. The van der Waals surface area contributed by atoms with Gasteiger partial charge in [0.05, 0.1) is 6.20 Å². The van der Waals surface area contributed by atoms with Crippen LogP contribution in [0.3, 0.4) is 0 Å². The molecule has 3 aromatic rings. The van der Waals surface area contributed by atoms with E-state index < -0.39 is 0 Å². The van der Waals surface area contributed by atoms with Crippen LogP contribution < -0.4 is 16.0 Å². The fraction of sp³-hybridized carbons (Fsp3) is 0.370. The first-order chi connectivity index (χ1) is 17.3. The van der Waals surface area contributed by atoms with Crippen LogP contribution in [-0.4, -0.2) is 51.1 Å². The molecule has 2 aliphatic heterocycles. The number of nitrogens with one attached hydrogen (secondary N) is 3. The van der Waals surface area contributed by atoms with E-state index in [4.69, 9.17) is 16.6 Å². The summed E-state index contributed by atoms with van der Waals surface area (Å²) in [6.45, 7) is 11.7. The maximum atomic E-state index is 12.3. The zero-order valence-corrected chi connectivity index (χ0v) is 21.5. The van der Waals surface area contributed by atoms with Crippen LogP contribution >= 0.6 is 11.6 Å². The SMILES string of the molecule is C=C1C/C(=C\c2cnn3c(NC4CCN(CC(C)C)CC4)cc(Nc4cccc(Cl)c4)nc23)C(=O)N1. The Hall–Kier alpha value is -3.36. The van der Waals surface area contributed by atoms with Gasteiger partial charge in [0.1, 0.15) is 11.6 Å². The van der Waals surface area contributed by atoms with Crippen molar-refractivity contribution in [3.63, 3.8) is 0 Å². The maximum absolute atomic E-state index is 12.3. The molecule has 9 heteroatoms. The van der Waals surface area contributed by atoms with Gasteiger partial charge in [0.2, 0.25) is 0 Å². The highest BCUT2D eigenvalue weighted by Gasteiger charge is 2.23. The number of hydrogen-bond acceptors (Lipinski definition) is 6. The molecule has 5 rings (SSSR count). The third-order valence-electron chi connectivity index (χ3n) is 6.47. The first kappa shape index (κ1) is 24.3. The van der Waals surface area contributed by atoms with Gasteiger partial charge >= 0.3 is 0 Å². The number of anilines is 3. The lowest BCUT2D eigenvalue weighted by Gasteiger charge is -2.33. The van der Waals surface area contributed by atoms with Crippen molar-refractivity contribution in [2.75, 3.05) is 30.3 Å².